The Morgan fingerprint density at radius 3 is 2.00 bits per heavy atom. The molecule has 0 aromatic carbocycles. The first-order valence-electron chi connectivity index (χ1n) is 10.2. The first-order chi connectivity index (χ1) is 11.7. The predicted octanol–water partition coefficient (Wildman–Crippen LogP) is 5.25. The molecule has 0 aliphatic heterocycles. The number of aliphatic hydroxyl groups excluding tert-OH is 2. The molecule has 144 valence electrons. The molecule has 2 atom stereocenters. The van der Waals surface area contributed by atoms with Gasteiger partial charge in [-0.2, -0.15) is 0 Å². The number of hydrogen-bond donors (Lipinski definition) is 2. The van der Waals surface area contributed by atoms with Crippen LogP contribution in [0, 0.1) is 5.92 Å². The lowest BCUT2D eigenvalue weighted by molar-refractivity contribution is 0.00526. The Labute approximate surface area is 150 Å². The lowest BCUT2D eigenvalue weighted by Crippen LogP contribution is -2.19. The van der Waals surface area contributed by atoms with Crippen molar-refractivity contribution >= 4 is 0 Å². The van der Waals surface area contributed by atoms with Crippen molar-refractivity contribution in [2.75, 3.05) is 19.8 Å². The molecule has 0 saturated carbocycles. The van der Waals surface area contributed by atoms with Crippen LogP contribution in [0.25, 0.3) is 0 Å². The summed E-state index contributed by atoms with van der Waals surface area (Å²) in [5, 5.41) is 17.8. The van der Waals surface area contributed by atoms with Gasteiger partial charge in [-0.15, -0.1) is 6.58 Å². The topological polar surface area (TPSA) is 49.7 Å². The summed E-state index contributed by atoms with van der Waals surface area (Å²) in [7, 11) is 0. The fourth-order valence-electron chi connectivity index (χ4n) is 2.96. The molecular formula is C21H42O3. The summed E-state index contributed by atoms with van der Waals surface area (Å²) in [5.74, 6) is 0.889. The summed E-state index contributed by atoms with van der Waals surface area (Å²) >= 11 is 0. The second-order valence-electron chi connectivity index (χ2n) is 7.21. The van der Waals surface area contributed by atoms with Crippen LogP contribution in [0.5, 0.6) is 0 Å². The predicted molar refractivity (Wildman–Crippen MR) is 103 cm³/mol. The molecule has 2 N–H and O–H groups in total. The van der Waals surface area contributed by atoms with Gasteiger partial charge in [-0.05, 0) is 25.2 Å². The summed E-state index contributed by atoms with van der Waals surface area (Å²) < 4.78 is 5.30. The molecule has 0 bridgehead atoms. The molecule has 0 aromatic heterocycles. The van der Waals surface area contributed by atoms with E-state index in [4.69, 9.17) is 14.9 Å². The molecule has 0 radical (unpaired) electrons. The maximum absolute atomic E-state index is 9.12. The van der Waals surface area contributed by atoms with Gasteiger partial charge in [0, 0.05) is 6.61 Å². The van der Waals surface area contributed by atoms with Gasteiger partial charge in [-0.3, -0.25) is 0 Å². The highest BCUT2D eigenvalue weighted by Crippen LogP contribution is 2.18. The van der Waals surface area contributed by atoms with E-state index in [9.17, 15) is 0 Å². The van der Waals surface area contributed by atoms with Gasteiger partial charge in [0.1, 0.15) is 6.10 Å². The van der Waals surface area contributed by atoms with Crippen molar-refractivity contribution in [2.24, 2.45) is 5.92 Å². The standard InChI is InChI=1S/C21H42O3/c1-3-4-5-9-12-15-20(2)16-13-10-7-6-8-11-14-17-24-19-21(23)18-22/h3,20-23H,1,4-19H2,2H3/t20-,21-/m1/s1. The Kier molecular flexibility index (Phi) is 18.7. The smallest absolute Gasteiger partial charge is 0.100 e. The van der Waals surface area contributed by atoms with Crippen LogP contribution in [-0.4, -0.2) is 36.1 Å². The number of unbranched alkanes of at least 4 members (excludes halogenated alkanes) is 9. The second kappa shape index (κ2) is 19.0. The van der Waals surface area contributed by atoms with Crippen molar-refractivity contribution in [3.05, 3.63) is 12.7 Å². The highest BCUT2D eigenvalue weighted by Gasteiger charge is 2.02. The average molecular weight is 343 g/mol. The monoisotopic (exact) mass is 342 g/mol. The van der Waals surface area contributed by atoms with E-state index in [1.807, 2.05) is 6.08 Å². The van der Waals surface area contributed by atoms with Crippen molar-refractivity contribution in [2.45, 2.75) is 96.5 Å². The highest BCUT2D eigenvalue weighted by atomic mass is 16.5. The summed E-state index contributed by atoms with van der Waals surface area (Å²) in [4.78, 5) is 0. The highest BCUT2D eigenvalue weighted by molar-refractivity contribution is 4.65. The van der Waals surface area contributed by atoms with Crippen molar-refractivity contribution in [3.8, 4) is 0 Å². The number of ether oxygens (including phenoxy) is 1. The molecule has 0 unspecified atom stereocenters. The van der Waals surface area contributed by atoms with Gasteiger partial charge in [-0.1, -0.05) is 77.2 Å². The lowest BCUT2D eigenvalue weighted by atomic mass is 9.96. The van der Waals surface area contributed by atoms with Crippen LogP contribution in [0.3, 0.4) is 0 Å². The zero-order valence-electron chi connectivity index (χ0n) is 16.1. The number of hydrogen-bond acceptors (Lipinski definition) is 3. The van der Waals surface area contributed by atoms with Crippen molar-refractivity contribution in [3.63, 3.8) is 0 Å². The number of rotatable bonds is 19. The van der Waals surface area contributed by atoms with Gasteiger partial charge < -0.3 is 14.9 Å². The van der Waals surface area contributed by atoms with Crippen molar-refractivity contribution in [1.29, 1.82) is 0 Å². The maximum Gasteiger partial charge on any atom is 0.100 e. The van der Waals surface area contributed by atoms with Gasteiger partial charge >= 0.3 is 0 Å². The third-order valence-corrected chi connectivity index (χ3v) is 4.61. The third kappa shape index (κ3) is 18.0. The first kappa shape index (κ1) is 23.6. The Hall–Kier alpha value is -0.380. The van der Waals surface area contributed by atoms with E-state index in [-0.39, 0.29) is 13.2 Å². The third-order valence-electron chi connectivity index (χ3n) is 4.61. The zero-order valence-corrected chi connectivity index (χ0v) is 16.1. The van der Waals surface area contributed by atoms with E-state index in [1.54, 1.807) is 0 Å². The van der Waals surface area contributed by atoms with E-state index in [1.165, 1.54) is 77.0 Å². The minimum Gasteiger partial charge on any atom is -0.394 e. The van der Waals surface area contributed by atoms with E-state index in [0.29, 0.717) is 6.61 Å². The molecule has 3 nitrogen and oxygen atoms in total. The van der Waals surface area contributed by atoms with Crippen LogP contribution in [0.1, 0.15) is 90.4 Å². The van der Waals surface area contributed by atoms with Crippen molar-refractivity contribution < 1.29 is 14.9 Å². The first-order valence-corrected chi connectivity index (χ1v) is 10.2. The Morgan fingerprint density at radius 2 is 1.42 bits per heavy atom. The Balaban J connectivity index is 3.15. The van der Waals surface area contributed by atoms with Crippen LogP contribution in [0.15, 0.2) is 12.7 Å². The fourth-order valence-corrected chi connectivity index (χ4v) is 2.96. The number of allylic oxidation sites excluding steroid dienone is 1. The normalized spacial score (nSPS) is 13.8. The molecule has 0 heterocycles. The summed E-state index contributed by atoms with van der Waals surface area (Å²) in [6.45, 7) is 6.91. The van der Waals surface area contributed by atoms with Gasteiger partial charge in [-0.25, -0.2) is 0 Å². The molecule has 0 aliphatic carbocycles. The van der Waals surface area contributed by atoms with Gasteiger partial charge in [0.05, 0.1) is 13.2 Å². The maximum atomic E-state index is 9.12. The largest absolute Gasteiger partial charge is 0.394 e. The minimum atomic E-state index is -0.723. The van der Waals surface area contributed by atoms with Gasteiger partial charge in [0.2, 0.25) is 0 Å². The molecular weight excluding hydrogens is 300 g/mol. The molecule has 24 heavy (non-hydrogen) atoms. The zero-order chi connectivity index (χ0) is 17.9. The molecule has 0 rings (SSSR count). The second-order valence-corrected chi connectivity index (χ2v) is 7.21. The molecule has 0 amide bonds. The number of aliphatic hydroxyl groups is 2. The summed E-state index contributed by atoms with van der Waals surface area (Å²) in [6, 6.07) is 0. The molecule has 3 heteroatoms. The summed E-state index contributed by atoms with van der Waals surface area (Å²) in [5.41, 5.74) is 0. The van der Waals surface area contributed by atoms with Crippen LogP contribution >= 0.6 is 0 Å². The quantitative estimate of drug-likeness (QED) is 0.249. The fraction of sp³-hybridized carbons (Fsp3) is 0.905. The molecule has 0 aromatic rings. The molecule has 0 fully saturated rings. The summed E-state index contributed by atoms with van der Waals surface area (Å²) in [6.07, 6.45) is 18.3. The van der Waals surface area contributed by atoms with Crippen molar-refractivity contribution in [1.82, 2.24) is 0 Å². The average Bonchev–Trinajstić information content (AvgIpc) is 2.59. The van der Waals surface area contributed by atoms with Gasteiger partial charge in [0.15, 0.2) is 0 Å². The van der Waals surface area contributed by atoms with Crippen LogP contribution in [0.2, 0.25) is 0 Å². The Bertz CT molecular complexity index is 255. The minimum absolute atomic E-state index is 0.214. The lowest BCUT2D eigenvalue weighted by Gasteiger charge is -2.11. The van der Waals surface area contributed by atoms with Crippen LogP contribution in [-0.2, 0) is 4.74 Å². The van der Waals surface area contributed by atoms with Crippen LogP contribution < -0.4 is 0 Å². The molecule has 0 saturated heterocycles. The van der Waals surface area contributed by atoms with E-state index in [0.717, 1.165) is 12.3 Å². The van der Waals surface area contributed by atoms with Gasteiger partial charge in [0.25, 0.3) is 0 Å². The van der Waals surface area contributed by atoms with E-state index in [2.05, 4.69) is 13.5 Å². The molecule has 0 spiro atoms. The van der Waals surface area contributed by atoms with E-state index < -0.39 is 6.10 Å². The molecule has 0 aliphatic rings. The van der Waals surface area contributed by atoms with E-state index >= 15 is 0 Å². The Morgan fingerprint density at radius 1 is 0.875 bits per heavy atom. The SMILES string of the molecule is C=CCCCCC[C@@H](C)CCCCCCCCCOC[C@H](O)CO. The van der Waals surface area contributed by atoms with Crippen LogP contribution in [0.4, 0.5) is 0 Å².